The summed E-state index contributed by atoms with van der Waals surface area (Å²) in [6.45, 7) is 4.22. The van der Waals surface area contributed by atoms with Gasteiger partial charge in [-0.05, 0) is 12.8 Å². The Balaban J connectivity index is 2.97. The normalized spacial score (nSPS) is 13.4. The van der Waals surface area contributed by atoms with E-state index < -0.39 is 6.17 Å². The van der Waals surface area contributed by atoms with Gasteiger partial charge in [0, 0.05) is 0 Å². The number of rotatable bonds is 7. The summed E-state index contributed by atoms with van der Waals surface area (Å²) in [6, 6.07) is 0. The van der Waals surface area contributed by atoms with Crippen LogP contribution in [0.1, 0.15) is 58.8 Å². The Morgan fingerprint density at radius 3 is 2.18 bits per heavy atom. The topological polar surface area (TPSA) is 0 Å². The third-order valence-electron chi connectivity index (χ3n) is 1.97. The van der Waals surface area contributed by atoms with Crippen LogP contribution in [0.5, 0.6) is 0 Å². The summed E-state index contributed by atoms with van der Waals surface area (Å²) in [6.07, 6.45) is 6.78. The summed E-state index contributed by atoms with van der Waals surface area (Å²) in [4.78, 5) is 0. The molecule has 1 atom stereocenters. The average molecular weight is 160 g/mol. The molecule has 11 heavy (non-hydrogen) atoms. The van der Waals surface area contributed by atoms with Crippen molar-refractivity contribution in [2.24, 2.45) is 0 Å². The molecule has 0 N–H and O–H groups in total. The molecule has 0 bridgehead atoms. The number of hydrogen-bond donors (Lipinski definition) is 0. The second-order valence-corrected chi connectivity index (χ2v) is 3.24. The second-order valence-electron chi connectivity index (χ2n) is 3.24. The molecular formula is C10H21F. The summed E-state index contributed by atoms with van der Waals surface area (Å²) in [7, 11) is 0. The molecule has 0 spiro atoms. The molecular weight excluding hydrogens is 139 g/mol. The van der Waals surface area contributed by atoms with Gasteiger partial charge in [0.25, 0.3) is 0 Å². The lowest BCUT2D eigenvalue weighted by atomic mass is 10.1. The van der Waals surface area contributed by atoms with Gasteiger partial charge in [-0.15, -0.1) is 0 Å². The standard InChI is InChI=1S/C10H21F/c1-3-5-6-7-9-10(11)8-4-2/h10H,3-9H2,1-2H3. The molecule has 0 heterocycles. The van der Waals surface area contributed by atoms with E-state index in [-0.39, 0.29) is 0 Å². The molecule has 0 saturated carbocycles. The van der Waals surface area contributed by atoms with E-state index in [9.17, 15) is 4.39 Å². The Bertz CT molecular complexity index is 71.3. The van der Waals surface area contributed by atoms with Crippen LogP contribution in [-0.4, -0.2) is 6.17 Å². The lowest BCUT2D eigenvalue weighted by Gasteiger charge is -2.04. The van der Waals surface area contributed by atoms with Gasteiger partial charge in [0.2, 0.25) is 0 Å². The van der Waals surface area contributed by atoms with E-state index in [0.29, 0.717) is 0 Å². The molecule has 0 saturated heterocycles. The van der Waals surface area contributed by atoms with Crippen LogP contribution in [0.3, 0.4) is 0 Å². The Hall–Kier alpha value is -0.0700. The highest BCUT2D eigenvalue weighted by Crippen LogP contribution is 2.11. The fourth-order valence-corrected chi connectivity index (χ4v) is 1.25. The monoisotopic (exact) mass is 160 g/mol. The third-order valence-corrected chi connectivity index (χ3v) is 1.97. The van der Waals surface area contributed by atoms with Gasteiger partial charge in [0.1, 0.15) is 6.17 Å². The van der Waals surface area contributed by atoms with E-state index in [1.165, 1.54) is 19.3 Å². The maximum atomic E-state index is 12.8. The SMILES string of the molecule is CCCCCCC(F)CCC. The van der Waals surface area contributed by atoms with Gasteiger partial charge in [-0.2, -0.15) is 0 Å². The van der Waals surface area contributed by atoms with Gasteiger partial charge in [-0.25, -0.2) is 4.39 Å². The molecule has 0 nitrogen and oxygen atoms in total. The predicted molar refractivity (Wildman–Crippen MR) is 48.6 cm³/mol. The Morgan fingerprint density at radius 1 is 0.909 bits per heavy atom. The van der Waals surface area contributed by atoms with Crippen molar-refractivity contribution >= 4 is 0 Å². The molecule has 0 rings (SSSR count). The molecule has 0 fully saturated rings. The summed E-state index contributed by atoms with van der Waals surface area (Å²) in [5.74, 6) is 0. The lowest BCUT2D eigenvalue weighted by Crippen LogP contribution is -1.98. The van der Waals surface area contributed by atoms with E-state index in [1.807, 2.05) is 6.92 Å². The van der Waals surface area contributed by atoms with Crippen LogP contribution in [-0.2, 0) is 0 Å². The summed E-state index contributed by atoms with van der Waals surface area (Å²) >= 11 is 0. The van der Waals surface area contributed by atoms with Gasteiger partial charge in [0.15, 0.2) is 0 Å². The first-order chi connectivity index (χ1) is 5.31. The van der Waals surface area contributed by atoms with Crippen molar-refractivity contribution in [2.75, 3.05) is 0 Å². The zero-order chi connectivity index (χ0) is 8.53. The van der Waals surface area contributed by atoms with Crippen molar-refractivity contribution in [3.63, 3.8) is 0 Å². The molecule has 1 unspecified atom stereocenters. The highest BCUT2D eigenvalue weighted by molar-refractivity contribution is 4.55. The minimum Gasteiger partial charge on any atom is -0.247 e. The van der Waals surface area contributed by atoms with Gasteiger partial charge in [-0.3, -0.25) is 0 Å². The molecule has 68 valence electrons. The number of hydrogen-bond acceptors (Lipinski definition) is 0. The van der Waals surface area contributed by atoms with Gasteiger partial charge < -0.3 is 0 Å². The summed E-state index contributed by atoms with van der Waals surface area (Å²) in [5, 5.41) is 0. The summed E-state index contributed by atoms with van der Waals surface area (Å²) in [5.41, 5.74) is 0. The van der Waals surface area contributed by atoms with Crippen LogP contribution >= 0.6 is 0 Å². The zero-order valence-electron chi connectivity index (χ0n) is 7.91. The van der Waals surface area contributed by atoms with E-state index in [4.69, 9.17) is 0 Å². The van der Waals surface area contributed by atoms with Crippen LogP contribution in [0, 0.1) is 0 Å². The first-order valence-electron chi connectivity index (χ1n) is 4.95. The van der Waals surface area contributed by atoms with E-state index in [0.717, 1.165) is 25.7 Å². The van der Waals surface area contributed by atoms with Crippen LogP contribution in [0.15, 0.2) is 0 Å². The lowest BCUT2D eigenvalue weighted by molar-refractivity contribution is 0.285. The van der Waals surface area contributed by atoms with Crippen molar-refractivity contribution in [3.8, 4) is 0 Å². The van der Waals surface area contributed by atoms with Crippen molar-refractivity contribution in [2.45, 2.75) is 65.0 Å². The molecule has 0 amide bonds. The number of unbranched alkanes of at least 4 members (excludes halogenated alkanes) is 3. The zero-order valence-corrected chi connectivity index (χ0v) is 7.91. The summed E-state index contributed by atoms with van der Waals surface area (Å²) < 4.78 is 12.8. The molecule has 0 aliphatic carbocycles. The molecule has 0 aromatic carbocycles. The number of alkyl halides is 1. The maximum absolute atomic E-state index is 12.8. The average Bonchev–Trinajstić information content (AvgIpc) is 1.99. The molecule has 0 aromatic rings. The highest BCUT2D eigenvalue weighted by Gasteiger charge is 2.02. The first-order valence-corrected chi connectivity index (χ1v) is 4.95. The molecule has 0 radical (unpaired) electrons. The molecule has 0 aromatic heterocycles. The Morgan fingerprint density at radius 2 is 1.64 bits per heavy atom. The quantitative estimate of drug-likeness (QED) is 0.492. The van der Waals surface area contributed by atoms with E-state index in [2.05, 4.69) is 6.92 Å². The van der Waals surface area contributed by atoms with E-state index >= 15 is 0 Å². The van der Waals surface area contributed by atoms with Gasteiger partial charge >= 0.3 is 0 Å². The third kappa shape index (κ3) is 7.83. The van der Waals surface area contributed by atoms with Crippen molar-refractivity contribution in [1.29, 1.82) is 0 Å². The van der Waals surface area contributed by atoms with Crippen LogP contribution in [0.2, 0.25) is 0 Å². The van der Waals surface area contributed by atoms with Gasteiger partial charge in [0.05, 0.1) is 0 Å². The molecule has 0 aliphatic heterocycles. The van der Waals surface area contributed by atoms with Crippen LogP contribution < -0.4 is 0 Å². The Kier molecular flexibility index (Phi) is 7.98. The van der Waals surface area contributed by atoms with Crippen LogP contribution in [0.25, 0.3) is 0 Å². The van der Waals surface area contributed by atoms with E-state index in [1.54, 1.807) is 0 Å². The van der Waals surface area contributed by atoms with Crippen LogP contribution in [0.4, 0.5) is 4.39 Å². The fourth-order valence-electron chi connectivity index (χ4n) is 1.25. The Labute approximate surface area is 70.2 Å². The van der Waals surface area contributed by atoms with Crippen molar-refractivity contribution in [1.82, 2.24) is 0 Å². The highest BCUT2D eigenvalue weighted by atomic mass is 19.1. The maximum Gasteiger partial charge on any atom is 0.100 e. The largest absolute Gasteiger partial charge is 0.247 e. The number of halogens is 1. The first kappa shape index (κ1) is 10.9. The smallest absolute Gasteiger partial charge is 0.100 e. The predicted octanol–water partition coefficient (Wildman–Crippen LogP) is 4.10. The minimum atomic E-state index is -0.531. The van der Waals surface area contributed by atoms with Crippen molar-refractivity contribution in [3.05, 3.63) is 0 Å². The second kappa shape index (κ2) is 8.03. The fraction of sp³-hybridized carbons (Fsp3) is 1.00. The van der Waals surface area contributed by atoms with Gasteiger partial charge in [-0.1, -0.05) is 46.0 Å². The molecule has 1 heteroatoms. The molecule has 0 aliphatic rings. The van der Waals surface area contributed by atoms with Crippen molar-refractivity contribution < 1.29 is 4.39 Å². The minimum absolute atomic E-state index is 0.531.